The van der Waals surface area contributed by atoms with Gasteiger partial charge in [0.15, 0.2) is 12.4 Å². The molecule has 6 nitrogen and oxygen atoms in total. The SMILES string of the molecule is Cc1ccc(/C=N/NC(=O)COc2ccc(Cl)cc2-c2ccno2)cc1. The van der Waals surface area contributed by atoms with E-state index in [1.807, 2.05) is 31.2 Å². The van der Waals surface area contributed by atoms with Crippen molar-refractivity contribution in [2.24, 2.45) is 5.10 Å². The summed E-state index contributed by atoms with van der Waals surface area (Å²) < 4.78 is 10.7. The molecule has 3 aromatic rings. The van der Waals surface area contributed by atoms with Crippen LogP contribution in [0.4, 0.5) is 0 Å². The van der Waals surface area contributed by atoms with Gasteiger partial charge in [0, 0.05) is 11.1 Å². The van der Waals surface area contributed by atoms with Gasteiger partial charge in [-0.1, -0.05) is 46.6 Å². The van der Waals surface area contributed by atoms with Gasteiger partial charge in [-0.3, -0.25) is 4.79 Å². The lowest BCUT2D eigenvalue weighted by atomic mass is 10.1. The number of aryl methyl sites for hydroxylation is 1. The molecule has 132 valence electrons. The molecule has 0 aliphatic rings. The van der Waals surface area contributed by atoms with Crippen LogP contribution >= 0.6 is 11.6 Å². The van der Waals surface area contributed by atoms with Gasteiger partial charge < -0.3 is 9.26 Å². The number of carbonyl (C=O) groups excluding carboxylic acids is 1. The summed E-state index contributed by atoms with van der Waals surface area (Å²) in [5, 5.41) is 8.11. The van der Waals surface area contributed by atoms with Gasteiger partial charge in [-0.25, -0.2) is 5.43 Å². The molecule has 1 amide bonds. The van der Waals surface area contributed by atoms with Gasteiger partial charge in [0.25, 0.3) is 5.91 Å². The summed E-state index contributed by atoms with van der Waals surface area (Å²) in [7, 11) is 0. The Balaban J connectivity index is 1.59. The van der Waals surface area contributed by atoms with E-state index in [0.29, 0.717) is 22.1 Å². The Kier molecular flexibility index (Phi) is 5.66. The predicted molar refractivity (Wildman–Crippen MR) is 99.4 cm³/mol. The molecule has 0 atom stereocenters. The van der Waals surface area contributed by atoms with Crippen molar-refractivity contribution in [1.82, 2.24) is 10.6 Å². The highest BCUT2D eigenvalue weighted by Gasteiger charge is 2.12. The number of amides is 1. The Morgan fingerprint density at radius 1 is 1.27 bits per heavy atom. The number of nitrogens with zero attached hydrogens (tertiary/aromatic N) is 2. The number of rotatable bonds is 6. The van der Waals surface area contributed by atoms with Gasteiger partial charge in [-0.2, -0.15) is 5.10 Å². The van der Waals surface area contributed by atoms with Gasteiger partial charge in [-0.05, 0) is 30.7 Å². The zero-order chi connectivity index (χ0) is 18.4. The topological polar surface area (TPSA) is 76.7 Å². The highest BCUT2D eigenvalue weighted by Crippen LogP contribution is 2.32. The molecular formula is C19H16ClN3O3. The van der Waals surface area contributed by atoms with Crippen molar-refractivity contribution in [2.75, 3.05) is 6.61 Å². The third-order valence-corrected chi connectivity index (χ3v) is 3.72. The van der Waals surface area contributed by atoms with Gasteiger partial charge >= 0.3 is 0 Å². The highest BCUT2D eigenvalue weighted by molar-refractivity contribution is 6.30. The van der Waals surface area contributed by atoms with Crippen LogP contribution in [0.1, 0.15) is 11.1 Å². The molecule has 0 aliphatic heterocycles. The molecule has 0 bridgehead atoms. The number of hydrogen-bond donors (Lipinski definition) is 1. The van der Waals surface area contributed by atoms with Crippen LogP contribution in [0.5, 0.6) is 5.75 Å². The monoisotopic (exact) mass is 369 g/mol. The lowest BCUT2D eigenvalue weighted by molar-refractivity contribution is -0.123. The maximum absolute atomic E-state index is 11.9. The van der Waals surface area contributed by atoms with Crippen molar-refractivity contribution in [1.29, 1.82) is 0 Å². The summed E-state index contributed by atoms with van der Waals surface area (Å²) in [5.41, 5.74) is 5.09. The molecule has 0 unspecified atom stereocenters. The van der Waals surface area contributed by atoms with Crippen molar-refractivity contribution >= 4 is 23.7 Å². The van der Waals surface area contributed by atoms with Gasteiger partial charge in [0.1, 0.15) is 5.75 Å². The number of aromatic nitrogens is 1. The highest BCUT2D eigenvalue weighted by atomic mass is 35.5. The van der Waals surface area contributed by atoms with E-state index in [0.717, 1.165) is 11.1 Å². The van der Waals surface area contributed by atoms with Crippen molar-refractivity contribution in [3.63, 3.8) is 0 Å². The number of ether oxygens (including phenoxy) is 1. The number of hydrazone groups is 1. The fourth-order valence-corrected chi connectivity index (χ4v) is 2.35. The normalized spacial score (nSPS) is 10.8. The molecule has 1 heterocycles. The van der Waals surface area contributed by atoms with E-state index < -0.39 is 0 Å². The fourth-order valence-electron chi connectivity index (χ4n) is 2.18. The molecule has 3 rings (SSSR count). The second kappa shape index (κ2) is 8.31. The van der Waals surface area contributed by atoms with E-state index in [1.165, 1.54) is 6.20 Å². The van der Waals surface area contributed by atoms with E-state index in [1.54, 1.807) is 30.5 Å². The van der Waals surface area contributed by atoms with Crippen LogP contribution < -0.4 is 10.2 Å². The van der Waals surface area contributed by atoms with Crippen LogP contribution in [0, 0.1) is 6.92 Å². The zero-order valence-corrected chi connectivity index (χ0v) is 14.7. The van der Waals surface area contributed by atoms with Crippen LogP contribution in [0.15, 0.2) is 64.4 Å². The van der Waals surface area contributed by atoms with Crippen molar-refractivity contribution in [2.45, 2.75) is 6.92 Å². The maximum atomic E-state index is 11.9. The Morgan fingerprint density at radius 2 is 2.08 bits per heavy atom. The number of nitrogens with one attached hydrogen (secondary N) is 1. The Hall–Kier alpha value is -3.12. The third kappa shape index (κ3) is 4.70. The molecule has 7 heteroatoms. The average molecular weight is 370 g/mol. The molecule has 1 aromatic heterocycles. The van der Waals surface area contributed by atoms with Crippen LogP contribution in [-0.2, 0) is 4.79 Å². The van der Waals surface area contributed by atoms with E-state index in [-0.39, 0.29) is 12.5 Å². The summed E-state index contributed by atoms with van der Waals surface area (Å²) in [6, 6.07) is 14.5. The number of halogens is 1. The molecule has 0 aliphatic carbocycles. The minimum Gasteiger partial charge on any atom is -0.483 e. The van der Waals surface area contributed by atoms with Gasteiger partial charge in [-0.15, -0.1) is 0 Å². The first-order valence-electron chi connectivity index (χ1n) is 7.84. The van der Waals surface area contributed by atoms with Crippen molar-refractivity contribution in [3.8, 4) is 17.1 Å². The summed E-state index contributed by atoms with van der Waals surface area (Å²) in [6.45, 7) is 1.80. The Bertz CT molecular complexity index is 906. The second-order valence-corrected chi connectivity index (χ2v) is 5.95. The lowest BCUT2D eigenvalue weighted by Gasteiger charge is -2.09. The summed E-state index contributed by atoms with van der Waals surface area (Å²) in [6.07, 6.45) is 3.09. The number of benzene rings is 2. The van der Waals surface area contributed by atoms with Crippen LogP contribution in [-0.4, -0.2) is 23.9 Å². The molecule has 1 N–H and O–H groups in total. The van der Waals surface area contributed by atoms with E-state index in [4.69, 9.17) is 20.9 Å². The van der Waals surface area contributed by atoms with Crippen LogP contribution in [0.25, 0.3) is 11.3 Å². The molecule has 0 saturated carbocycles. The molecule has 0 spiro atoms. The van der Waals surface area contributed by atoms with Gasteiger partial charge in [0.2, 0.25) is 0 Å². The van der Waals surface area contributed by atoms with Crippen LogP contribution in [0.2, 0.25) is 5.02 Å². The third-order valence-electron chi connectivity index (χ3n) is 3.48. The molecule has 0 saturated heterocycles. The van der Waals surface area contributed by atoms with Crippen molar-refractivity contribution in [3.05, 3.63) is 70.9 Å². The minimum absolute atomic E-state index is 0.200. The fraction of sp³-hybridized carbons (Fsp3) is 0.105. The van der Waals surface area contributed by atoms with E-state index in [9.17, 15) is 4.79 Å². The maximum Gasteiger partial charge on any atom is 0.277 e. The Labute approximate surface area is 155 Å². The van der Waals surface area contributed by atoms with Gasteiger partial charge in [0.05, 0.1) is 18.0 Å². The quantitative estimate of drug-likeness (QED) is 0.529. The summed E-state index contributed by atoms with van der Waals surface area (Å²) >= 11 is 6.02. The second-order valence-electron chi connectivity index (χ2n) is 5.51. The molecule has 26 heavy (non-hydrogen) atoms. The van der Waals surface area contributed by atoms with E-state index in [2.05, 4.69) is 15.7 Å². The molecular weight excluding hydrogens is 354 g/mol. The number of carbonyl (C=O) groups is 1. The minimum atomic E-state index is -0.383. The summed E-state index contributed by atoms with van der Waals surface area (Å²) in [4.78, 5) is 11.9. The molecule has 0 fully saturated rings. The summed E-state index contributed by atoms with van der Waals surface area (Å²) in [5.74, 6) is 0.580. The van der Waals surface area contributed by atoms with Crippen LogP contribution in [0.3, 0.4) is 0 Å². The first-order valence-corrected chi connectivity index (χ1v) is 8.21. The lowest BCUT2D eigenvalue weighted by Crippen LogP contribution is -2.24. The smallest absolute Gasteiger partial charge is 0.277 e. The molecule has 0 radical (unpaired) electrons. The first kappa shape index (κ1) is 17.7. The molecule has 2 aromatic carbocycles. The predicted octanol–water partition coefficient (Wildman–Crippen LogP) is 3.83. The number of hydrogen-bond acceptors (Lipinski definition) is 5. The zero-order valence-electron chi connectivity index (χ0n) is 14.0. The van der Waals surface area contributed by atoms with E-state index >= 15 is 0 Å². The largest absolute Gasteiger partial charge is 0.483 e. The van der Waals surface area contributed by atoms with Crippen molar-refractivity contribution < 1.29 is 14.1 Å². The standard InChI is InChI=1S/C19H16ClN3O3/c1-13-2-4-14(5-3-13)11-21-23-19(24)12-25-17-7-6-15(20)10-16(17)18-8-9-22-26-18/h2-11H,12H2,1H3,(H,23,24)/b21-11+. The first-order chi connectivity index (χ1) is 12.6. The average Bonchev–Trinajstić information content (AvgIpc) is 3.17. The Morgan fingerprint density at radius 3 is 2.81 bits per heavy atom.